The van der Waals surface area contributed by atoms with E-state index in [0.29, 0.717) is 0 Å². The Morgan fingerprint density at radius 3 is 2.33 bits per heavy atom. The van der Waals surface area contributed by atoms with Crippen LogP contribution in [0.4, 0.5) is 0 Å². The maximum atomic E-state index is 3.62. The molecule has 0 spiro atoms. The van der Waals surface area contributed by atoms with Crippen LogP contribution >= 0.6 is 0 Å². The highest BCUT2D eigenvalue weighted by Gasteiger charge is 1.94. The average Bonchev–Trinajstić information content (AvgIpc) is 2.43. The summed E-state index contributed by atoms with van der Waals surface area (Å²) in [5.41, 5.74) is 1.24. The van der Waals surface area contributed by atoms with Gasteiger partial charge in [0.2, 0.25) is 0 Å². The average molecular weight is 232 g/mol. The summed E-state index contributed by atoms with van der Waals surface area (Å²) in [5.74, 6) is 0. The summed E-state index contributed by atoms with van der Waals surface area (Å²) >= 11 is 0. The van der Waals surface area contributed by atoms with Gasteiger partial charge in [-0.25, -0.2) is 0 Å². The van der Waals surface area contributed by atoms with Crippen LogP contribution in [0.15, 0.2) is 85.5 Å². The van der Waals surface area contributed by atoms with E-state index in [4.69, 9.17) is 0 Å². The van der Waals surface area contributed by atoms with Gasteiger partial charge in [0, 0.05) is 0 Å². The Bertz CT molecular complexity index is 607. The first kappa shape index (κ1) is 12.1. The van der Waals surface area contributed by atoms with Crippen LogP contribution in [0, 0.1) is 0 Å². The van der Waals surface area contributed by atoms with Crippen LogP contribution in [0.2, 0.25) is 0 Å². The van der Waals surface area contributed by atoms with Crippen LogP contribution in [0.3, 0.4) is 0 Å². The fourth-order valence-electron chi connectivity index (χ4n) is 1.83. The molecule has 0 aliphatic heterocycles. The Labute approximate surface area is 108 Å². The van der Waals surface area contributed by atoms with E-state index in [9.17, 15) is 0 Å². The lowest BCUT2D eigenvalue weighted by Crippen LogP contribution is -1.76. The number of rotatable bonds is 4. The van der Waals surface area contributed by atoms with Crippen molar-refractivity contribution in [3.8, 4) is 0 Å². The second-order valence-electron chi connectivity index (χ2n) is 3.93. The summed E-state index contributed by atoms with van der Waals surface area (Å²) in [5, 5.41) is 2.56. The number of hydrogen-bond donors (Lipinski definition) is 0. The molecule has 0 radical (unpaired) electrons. The van der Waals surface area contributed by atoms with E-state index >= 15 is 0 Å². The Morgan fingerprint density at radius 1 is 0.722 bits per heavy atom. The minimum absolute atomic E-state index is 1.24. The molecule has 2 aromatic carbocycles. The fraction of sp³-hybridized carbons (Fsp3) is 0. The molecule has 2 aromatic rings. The second kappa shape index (κ2) is 6.41. The van der Waals surface area contributed by atoms with Crippen molar-refractivity contribution < 1.29 is 0 Å². The molecule has 0 heteroatoms. The quantitative estimate of drug-likeness (QED) is 0.639. The second-order valence-corrected chi connectivity index (χ2v) is 3.93. The molecule has 0 unspecified atom stereocenters. The van der Waals surface area contributed by atoms with Gasteiger partial charge in [0.1, 0.15) is 0 Å². The molecule has 0 aliphatic rings. The lowest BCUT2D eigenvalue weighted by Gasteiger charge is -2.00. The first-order valence-electron chi connectivity index (χ1n) is 6.02. The largest absolute Gasteiger partial charge is 0.0991 e. The molecule has 0 fully saturated rings. The zero-order chi connectivity index (χ0) is 12.6. The van der Waals surface area contributed by atoms with E-state index in [-0.39, 0.29) is 0 Å². The van der Waals surface area contributed by atoms with E-state index < -0.39 is 0 Å². The van der Waals surface area contributed by atoms with Crippen LogP contribution in [0.1, 0.15) is 5.56 Å². The monoisotopic (exact) mass is 232 g/mol. The topological polar surface area (TPSA) is 0 Å². The fourth-order valence-corrected chi connectivity index (χ4v) is 1.83. The number of fused-ring (bicyclic) bond motifs is 1. The molecule has 0 aliphatic carbocycles. The van der Waals surface area contributed by atoms with Gasteiger partial charge in [0.05, 0.1) is 0 Å². The highest BCUT2D eigenvalue weighted by atomic mass is 14.0. The standard InChI is InChI=1S/C18H16/c1-2-3-4-5-6-7-11-16-13-10-14-17-12-8-9-15-18(16)17/h2-15H,1H2/b4-3+,6-5+,11-7?. The number of allylic oxidation sites excluding steroid dienone is 6. The summed E-state index contributed by atoms with van der Waals surface area (Å²) in [6.07, 6.45) is 13.8. The minimum atomic E-state index is 1.24. The van der Waals surface area contributed by atoms with Gasteiger partial charge in [-0.05, 0) is 16.3 Å². The van der Waals surface area contributed by atoms with Crippen LogP contribution in [0.5, 0.6) is 0 Å². The minimum Gasteiger partial charge on any atom is -0.0991 e. The first-order chi connectivity index (χ1) is 8.92. The normalized spacial score (nSPS) is 12.0. The van der Waals surface area contributed by atoms with Gasteiger partial charge in [-0.3, -0.25) is 0 Å². The Morgan fingerprint density at radius 2 is 1.44 bits per heavy atom. The zero-order valence-electron chi connectivity index (χ0n) is 10.3. The molecule has 2 rings (SSSR count). The van der Waals surface area contributed by atoms with Crippen LogP contribution in [-0.2, 0) is 0 Å². The molecule has 0 aromatic heterocycles. The lowest BCUT2D eigenvalue weighted by atomic mass is 10.0. The molecule has 0 atom stereocenters. The predicted molar refractivity (Wildman–Crippen MR) is 81.5 cm³/mol. The molecule has 0 amide bonds. The molecule has 18 heavy (non-hydrogen) atoms. The van der Waals surface area contributed by atoms with Gasteiger partial charge in [-0.2, -0.15) is 0 Å². The van der Waals surface area contributed by atoms with Crippen molar-refractivity contribution in [1.29, 1.82) is 0 Å². The van der Waals surface area contributed by atoms with Crippen molar-refractivity contribution >= 4 is 16.8 Å². The third-order valence-corrected chi connectivity index (χ3v) is 2.68. The summed E-state index contributed by atoms with van der Waals surface area (Å²) in [6.45, 7) is 3.62. The van der Waals surface area contributed by atoms with E-state index in [1.54, 1.807) is 6.08 Å². The molecular weight excluding hydrogens is 216 g/mol. The SMILES string of the molecule is C=C/C=C/C=C/C=Cc1cccc2ccccc12. The van der Waals surface area contributed by atoms with Gasteiger partial charge in [-0.1, -0.05) is 91.6 Å². The Kier molecular flexibility index (Phi) is 4.32. The van der Waals surface area contributed by atoms with E-state index in [2.05, 4.69) is 61.2 Å². The van der Waals surface area contributed by atoms with Crippen LogP contribution < -0.4 is 0 Å². The summed E-state index contributed by atoms with van der Waals surface area (Å²) in [6, 6.07) is 14.8. The van der Waals surface area contributed by atoms with Crippen molar-refractivity contribution in [1.82, 2.24) is 0 Å². The zero-order valence-corrected chi connectivity index (χ0v) is 10.3. The van der Waals surface area contributed by atoms with E-state index in [0.717, 1.165) is 0 Å². The summed E-state index contributed by atoms with van der Waals surface area (Å²) in [4.78, 5) is 0. The number of hydrogen-bond acceptors (Lipinski definition) is 0. The smallest absolute Gasteiger partial charge is 0.0111 e. The summed E-state index contributed by atoms with van der Waals surface area (Å²) in [7, 11) is 0. The number of benzene rings is 2. The van der Waals surface area contributed by atoms with Gasteiger partial charge >= 0.3 is 0 Å². The molecule has 0 nitrogen and oxygen atoms in total. The van der Waals surface area contributed by atoms with E-state index in [1.807, 2.05) is 24.3 Å². The molecular formula is C18H16. The molecule has 0 saturated carbocycles. The molecule has 0 heterocycles. The first-order valence-corrected chi connectivity index (χ1v) is 6.02. The van der Waals surface area contributed by atoms with Crippen LogP contribution in [0.25, 0.3) is 16.8 Å². The van der Waals surface area contributed by atoms with Crippen molar-refractivity contribution in [3.05, 3.63) is 91.1 Å². The molecule has 0 bridgehead atoms. The van der Waals surface area contributed by atoms with Crippen molar-refractivity contribution in [2.45, 2.75) is 0 Å². The highest BCUT2D eigenvalue weighted by molar-refractivity contribution is 5.90. The third kappa shape index (κ3) is 3.08. The summed E-state index contributed by atoms with van der Waals surface area (Å²) < 4.78 is 0. The molecule has 0 N–H and O–H groups in total. The van der Waals surface area contributed by atoms with Crippen molar-refractivity contribution in [3.63, 3.8) is 0 Å². The Hall–Kier alpha value is -2.34. The lowest BCUT2D eigenvalue weighted by molar-refractivity contribution is 1.71. The highest BCUT2D eigenvalue weighted by Crippen LogP contribution is 2.19. The third-order valence-electron chi connectivity index (χ3n) is 2.68. The molecule has 0 saturated heterocycles. The van der Waals surface area contributed by atoms with E-state index in [1.165, 1.54) is 16.3 Å². The maximum Gasteiger partial charge on any atom is -0.0111 e. The van der Waals surface area contributed by atoms with Crippen molar-refractivity contribution in [2.75, 3.05) is 0 Å². The predicted octanol–water partition coefficient (Wildman–Crippen LogP) is 5.15. The van der Waals surface area contributed by atoms with Crippen molar-refractivity contribution in [2.24, 2.45) is 0 Å². The van der Waals surface area contributed by atoms with Gasteiger partial charge in [0.15, 0.2) is 0 Å². The maximum absolute atomic E-state index is 3.62. The van der Waals surface area contributed by atoms with Gasteiger partial charge in [-0.15, -0.1) is 0 Å². The van der Waals surface area contributed by atoms with Gasteiger partial charge in [0.25, 0.3) is 0 Å². The van der Waals surface area contributed by atoms with Gasteiger partial charge < -0.3 is 0 Å². The Balaban J connectivity index is 2.21. The molecule has 88 valence electrons. The van der Waals surface area contributed by atoms with Crippen LogP contribution in [-0.4, -0.2) is 0 Å².